The molecule has 0 spiro atoms. The van der Waals surface area contributed by atoms with E-state index >= 15 is 0 Å². The molecule has 2 aromatic rings. The topological polar surface area (TPSA) is 63.5 Å². The van der Waals surface area contributed by atoms with E-state index in [0.29, 0.717) is 10.9 Å². The van der Waals surface area contributed by atoms with Crippen LogP contribution in [0.1, 0.15) is 50.4 Å². The fourth-order valence-corrected chi connectivity index (χ4v) is 2.86. The zero-order valence-corrected chi connectivity index (χ0v) is 13.4. The second-order valence-electron chi connectivity index (χ2n) is 5.73. The molecular formula is C15H21N3O2S. The predicted octanol–water partition coefficient (Wildman–Crippen LogP) is 2.70. The predicted molar refractivity (Wildman–Crippen MR) is 85.0 cm³/mol. The maximum atomic E-state index is 12.2. The summed E-state index contributed by atoms with van der Waals surface area (Å²) in [4.78, 5) is 29.1. The van der Waals surface area contributed by atoms with E-state index in [9.17, 15) is 9.59 Å². The number of fused-ring (bicyclic) bond motifs is 1. The monoisotopic (exact) mass is 307 g/mol. The molecule has 1 amide bonds. The molecule has 1 N–H and O–H groups in total. The third-order valence-electron chi connectivity index (χ3n) is 3.38. The number of carbonyl (C=O) groups is 1. The van der Waals surface area contributed by atoms with E-state index in [4.69, 9.17) is 0 Å². The number of nitrogens with zero attached hydrogens (tertiary/aromatic N) is 2. The van der Waals surface area contributed by atoms with Gasteiger partial charge >= 0.3 is 0 Å². The number of hydrogen-bond acceptors (Lipinski definition) is 4. The molecule has 0 aliphatic rings. The van der Waals surface area contributed by atoms with Crippen LogP contribution in [-0.4, -0.2) is 21.3 Å². The van der Waals surface area contributed by atoms with E-state index in [2.05, 4.69) is 24.1 Å². The first kappa shape index (κ1) is 15.7. The second-order valence-corrected chi connectivity index (χ2v) is 6.60. The Morgan fingerprint density at radius 3 is 2.86 bits per heavy atom. The second kappa shape index (κ2) is 6.85. The van der Waals surface area contributed by atoms with Crippen molar-refractivity contribution in [3.8, 4) is 0 Å². The van der Waals surface area contributed by atoms with Crippen LogP contribution in [0, 0.1) is 5.92 Å². The van der Waals surface area contributed by atoms with Crippen molar-refractivity contribution in [2.45, 2.75) is 46.1 Å². The third-order valence-corrected chi connectivity index (χ3v) is 4.15. The van der Waals surface area contributed by atoms with Gasteiger partial charge in [0, 0.05) is 23.8 Å². The smallest absolute Gasteiger partial charge is 0.271 e. The number of nitrogens with one attached hydrogen (secondary N) is 1. The van der Waals surface area contributed by atoms with E-state index in [1.165, 1.54) is 21.9 Å². The van der Waals surface area contributed by atoms with Crippen molar-refractivity contribution >= 4 is 22.2 Å². The van der Waals surface area contributed by atoms with Gasteiger partial charge in [0.05, 0.1) is 0 Å². The molecule has 2 rings (SSSR count). The van der Waals surface area contributed by atoms with Gasteiger partial charge in [0.15, 0.2) is 4.96 Å². The third kappa shape index (κ3) is 3.91. The summed E-state index contributed by atoms with van der Waals surface area (Å²) in [5.41, 5.74) is -0.213. The highest BCUT2D eigenvalue weighted by Crippen LogP contribution is 2.09. The van der Waals surface area contributed by atoms with Crippen LogP contribution in [0.2, 0.25) is 0 Å². The Kier molecular flexibility index (Phi) is 5.12. The number of carbonyl (C=O) groups excluding carboxylic acids is 1. The summed E-state index contributed by atoms with van der Waals surface area (Å²) in [5.74, 6) is 0.327. The lowest BCUT2D eigenvalue weighted by Gasteiger charge is -2.14. The number of amides is 1. The standard InChI is InChI=1S/C15H21N3O2S/c1-10(2)5-4-6-11(3)17-13(19)12-9-16-15-18(14(12)20)7-8-21-15/h7-11H,4-6H2,1-3H3,(H,17,19). The molecule has 6 heteroatoms. The Morgan fingerprint density at radius 1 is 1.38 bits per heavy atom. The molecule has 0 aliphatic carbocycles. The highest BCUT2D eigenvalue weighted by molar-refractivity contribution is 7.15. The normalized spacial score (nSPS) is 12.8. The van der Waals surface area contributed by atoms with Gasteiger partial charge in [-0.05, 0) is 19.3 Å². The van der Waals surface area contributed by atoms with Gasteiger partial charge in [0.1, 0.15) is 5.56 Å². The van der Waals surface area contributed by atoms with Gasteiger partial charge in [-0.15, -0.1) is 11.3 Å². The lowest BCUT2D eigenvalue weighted by atomic mass is 10.0. The van der Waals surface area contributed by atoms with Gasteiger partial charge in [-0.25, -0.2) is 4.98 Å². The average Bonchev–Trinajstić information content (AvgIpc) is 2.87. The van der Waals surface area contributed by atoms with E-state index in [-0.39, 0.29) is 23.1 Å². The zero-order valence-electron chi connectivity index (χ0n) is 12.6. The largest absolute Gasteiger partial charge is 0.349 e. The number of thiazole rings is 1. The molecule has 2 aromatic heterocycles. The molecule has 0 saturated heterocycles. The number of rotatable bonds is 6. The lowest BCUT2D eigenvalue weighted by molar-refractivity contribution is 0.0935. The van der Waals surface area contributed by atoms with Crippen LogP contribution in [0.15, 0.2) is 22.6 Å². The zero-order chi connectivity index (χ0) is 15.4. The van der Waals surface area contributed by atoms with Crippen LogP contribution in [0.25, 0.3) is 4.96 Å². The molecule has 2 heterocycles. The molecule has 5 nitrogen and oxygen atoms in total. The lowest BCUT2D eigenvalue weighted by Crippen LogP contribution is -2.36. The van der Waals surface area contributed by atoms with Crippen molar-refractivity contribution in [2.75, 3.05) is 0 Å². The summed E-state index contributed by atoms with van der Waals surface area (Å²) in [6, 6.07) is 0.0545. The van der Waals surface area contributed by atoms with Gasteiger partial charge in [0.2, 0.25) is 0 Å². The van der Waals surface area contributed by atoms with Crippen LogP contribution >= 0.6 is 11.3 Å². The van der Waals surface area contributed by atoms with E-state index in [0.717, 1.165) is 19.3 Å². The SMILES string of the molecule is CC(C)CCCC(C)NC(=O)c1cnc2sccn2c1=O. The Hall–Kier alpha value is -1.69. The van der Waals surface area contributed by atoms with Crippen molar-refractivity contribution in [2.24, 2.45) is 5.92 Å². The minimum absolute atomic E-state index is 0.0545. The highest BCUT2D eigenvalue weighted by atomic mass is 32.1. The fraction of sp³-hybridized carbons (Fsp3) is 0.533. The molecule has 0 fully saturated rings. The first-order valence-electron chi connectivity index (χ1n) is 7.24. The van der Waals surface area contributed by atoms with Crippen LogP contribution in [0.4, 0.5) is 0 Å². The first-order valence-corrected chi connectivity index (χ1v) is 8.12. The minimum Gasteiger partial charge on any atom is -0.349 e. The van der Waals surface area contributed by atoms with Gasteiger partial charge in [-0.2, -0.15) is 0 Å². The van der Waals surface area contributed by atoms with Crippen molar-refractivity contribution < 1.29 is 4.79 Å². The van der Waals surface area contributed by atoms with Gasteiger partial charge < -0.3 is 5.32 Å². The maximum Gasteiger partial charge on any atom is 0.271 e. The summed E-state index contributed by atoms with van der Waals surface area (Å²) in [7, 11) is 0. The Balaban J connectivity index is 2.01. The Morgan fingerprint density at radius 2 is 2.14 bits per heavy atom. The molecule has 21 heavy (non-hydrogen) atoms. The molecule has 114 valence electrons. The summed E-state index contributed by atoms with van der Waals surface area (Å²) in [6.45, 7) is 6.34. The van der Waals surface area contributed by atoms with Crippen LogP contribution < -0.4 is 10.9 Å². The van der Waals surface area contributed by atoms with Gasteiger partial charge in [-0.1, -0.05) is 26.7 Å². The van der Waals surface area contributed by atoms with Gasteiger partial charge in [-0.3, -0.25) is 14.0 Å². The van der Waals surface area contributed by atoms with Crippen molar-refractivity contribution in [1.29, 1.82) is 0 Å². The van der Waals surface area contributed by atoms with E-state index in [1.54, 1.807) is 11.6 Å². The molecule has 0 aromatic carbocycles. The highest BCUT2D eigenvalue weighted by Gasteiger charge is 2.15. The summed E-state index contributed by atoms with van der Waals surface area (Å²) in [6.07, 6.45) is 6.13. The van der Waals surface area contributed by atoms with Crippen molar-refractivity contribution in [3.05, 3.63) is 33.7 Å². The molecule has 0 aliphatic heterocycles. The van der Waals surface area contributed by atoms with Crippen molar-refractivity contribution in [3.63, 3.8) is 0 Å². The van der Waals surface area contributed by atoms with Crippen molar-refractivity contribution in [1.82, 2.24) is 14.7 Å². The van der Waals surface area contributed by atoms with Crippen LogP contribution in [0.3, 0.4) is 0 Å². The maximum absolute atomic E-state index is 12.2. The summed E-state index contributed by atoms with van der Waals surface area (Å²) < 4.78 is 1.41. The summed E-state index contributed by atoms with van der Waals surface area (Å²) >= 11 is 1.37. The molecule has 1 atom stereocenters. The van der Waals surface area contributed by atoms with E-state index in [1.807, 2.05) is 6.92 Å². The summed E-state index contributed by atoms with van der Waals surface area (Å²) in [5, 5.41) is 4.66. The molecule has 0 radical (unpaired) electrons. The molecule has 0 saturated carbocycles. The molecule has 0 bridgehead atoms. The first-order chi connectivity index (χ1) is 9.99. The number of hydrogen-bond donors (Lipinski definition) is 1. The van der Waals surface area contributed by atoms with E-state index < -0.39 is 0 Å². The minimum atomic E-state index is -0.342. The molecule has 1 unspecified atom stereocenters. The average molecular weight is 307 g/mol. The molecular weight excluding hydrogens is 286 g/mol. The Bertz CT molecular complexity index is 675. The van der Waals surface area contributed by atoms with Crippen LogP contribution in [0.5, 0.6) is 0 Å². The fourth-order valence-electron chi connectivity index (χ4n) is 2.19. The quantitative estimate of drug-likeness (QED) is 0.892. The number of aromatic nitrogens is 2. The van der Waals surface area contributed by atoms with Gasteiger partial charge in [0.25, 0.3) is 11.5 Å². The Labute approximate surface area is 128 Å². The van der Waals surface area contributed by atoms with Crippen LogP contribution in [-0.2, 0) is 0 Å².